The number of nitrogens with zero attached hydrogens (tertiary/aromatic N) is 3. The highest BCUT2D eigenvalue weighted by Crippen LogP contribution is 2.15. The fourth-order valence-electron chi connectivity index (χ4n) is 8.16. The standard InChI is InChI=1S/C50H97N5O8/c1-3-5-7-9-11-13-15-17-19-21-23-25-27-29-31-33-35-51-46(56)41-54(44-49(60)61)39-37-53(43-48(58)59)38-40-55(45-50(62)63)42-47(57)52-36-34-32-30-28-26-24-22-20-18-16-14-12-10-8-6-4-2/h3-45H2,1-2H3,(H,51,56)(H,52,57)(H,58,59)(H,60,61)(H,62,63). The fourth-order valence-corrected chi connectivity index (χ4v) is 8.16. The molecule has 0 rings (SSSR count). The van der Waals surface area contributed by atoms with Crippen molar-refractivity contribution >= 4 is 29.7 Å². The number of rotatable bonds is 50. The molecule has 0 aliphatic rings. The first-order valence-corrected chi connectivity index (χ1v) is 25.9. The molecule has 0 aromatic carbocycles. The van der Waals surface area contributed by atoms with Gasteiger partial charge < -0.3 is 26.0 Å². The number of hydrogen-bond donors (Lipinski definition) is 5. The third-order valence-corrected chi connectivity index (χ3v) is 12.0. The van der Waals surface area contributed by atoms with Crippen LogP contribution in [0.3, 0.4) is 0 Å². The molecule has 13 heteroatoms. The van der Waals surface area contributed by atoms with E-state index >= 15 is 0 Å². The van der Waals surface area contributed by atoms with Crippen LogP contribution < -0.4 is 10.6 Å². The summed E-state index contributed by atoms with van der Waals surface area (Å²) in [4.78, 5) is 64.9. The molecule has 0 aliphatic carbocycles. The summed E-state index contributed by atoms with van der Waals surface area (Å²) >= 11 is 0. The lowest BCUT2D eigenvalue weighted by Crippen LogP contribution is -2.47. The van der Waals surface area contributed by atoms with E-state index < -0.39 is 17.9 Å². The van der Waals surface area contributed by atoms with E-state index in [1.54, 1.807) is 4.90 Å². The molecule has 0 bridgehead atoms. The summed E-state index contributed by atoms with van der Waals surface area (Å²) in [6.45, 7) is 4.76. The number of carbonyl (C=O) groups is 5. The second-order valence-electron chi connectivity index (χ2n) is 18.2. The molecule has 0 unspecified atom stereocenters. The third kappa shape index (κ3) is 45.6. The summed E-state index contributed by atoms with van der Waals surface area (Å²) in [5, 5.41) is 34.3. The van der Waals surface area contributed by atoms with E-state index in [1.807, 2.05) is 0 Å². The zero-order chi connectivity index (χ0) is 46.4. The van der Waals surface area contributed by atoms with Gasteiger partial charge in [0, 0.05) is 39.3 Å². The first-order valence-electron chi connectivity index (χ1n) is 25.9. The van der Waals surface area contributed by atoms with Gasteiger partial charge in [-0.1, -0.05) is 206 Å². The van der Waals surface area contributed by atoms with Crippen LogP contribution in [-0.4, -0.2) is 132 Å². The van der Waals surface area contributed by atoms with Gasteiger partial charge in [0.1, 0.15) is 0 Å². The molecule has 5 N–H and O–H groups in total. The van der Waals surface area contributed by atoms with Gasteiger partial charge >= 0.3 is 17.9 Å². The van der Waals surface area contributed by atoms with Gasteiger partial charge in [0.05, 0.1) is 32.7 Å². The second kappa shape index (κ2) is 45.8. The van der Waals surface area contributed by atoms with Crippen LogP contribution in [0.4, 0.5) is 0 Å². The Labute approximate surface area is 384 Å². The highest BCUT2D eigenvalue weighted by Gasteiger charge is 2.20. The molecule has 370 valence electrons. The first-order chi connectivity index (χ1) is 30.6. The van der Waals surface area contributed by atoms with Crippen molar-refractivity contribution in [2.45, 2.75) is 219 Å². The lowest BCUT2D eigenvalue weighted by molar-refractivity contribution is -0.141. The van der Waals surface area contributed by atoms with Crippen molar-refractivity contribution in [3.63, 3.8) is 0 Å². The Bertz CT molecular complexity index is 1040. The van der Waals surface area contributed by atoms with Gasteiger partial charge in [-0.05, 0) is 12.8 Å². The van der Waals surface area contributed by atoms with E-state index in [4.69, 9.17) is 0 Å². The van der Waals surface area contributed by atoms with E-state index in [1.165, 1.54) is 177 Å². The summed E-state index contributed by atoms with van der Waals surface area (Å²) < 4.78 is 0. The topological polar surface area (TPSA) is 180 Å². The van der Waals surface area contributed by atoms with Crippen LogP contribution in [0.2, 0.25) is 0 Å². The van der Waals surface area contributed by atoms with Crippen molar-refractivity contribution in [3.8, 4) is 0 Å². The van der Waals surface area contributed by atoms with Crippen molar-refractivity contribution in [1.29, 1.82) is 0 Å². The molecule has 0 aromatic heterocycles. The molecule has 0 aliphatic heterocycles. The number of carboxylic acid groups (broad SMARTS) is 3. The normalized spacial score (nSPS) is 11.5. The Hall–Kier alpha value is -2.77. The van der Waals surface area contributed by atoms with E-state index in [9.17, 15) is 39.3 Å². The van der Waals surface area contributed by atoms with Crippen LogP contribution in [0.25, 0.3) is 0 Å². The molecular formula is C50H97N5O8. The molecule has 0 radical (unpaired) electrons. The number of aliphatic carboxylic acids is 3. The number of carboxylic acids is 3. The zero-order valence-corrected chi connectivity index (χ0v) is 40.6. The number of carbonyl (C=O) groups excluding carboxylic acids is 2. The van der Waals surface area contributed by atoms with Crippen molar-refractivity contribution in [2.75, 3.05) is 72.0 Å². The second-order valence-corrected chi connectivity index (χ2v) is 18.2. The minimum atomic E-state index is -1.09. The monoisotopic (exact) mass is 896 g/mol. The number of amides is 2. The first kappa shape index (κ1) is 60.2. The Morgan fingerprint density at radius 2 is 0.508 bits per heavy atom. The predicted molar refractivity (Wildman–Crippen MR) is 257 cm³/mol. The van der Waals surface area contributed by atoms with Gasteiger partial charge in [0.25, 0.3) is 0 Å². The minimum Gasteiger partial charge on any atom is -0.480 e. The maximum absolute atomic E-state index is 12.7. The molecule has 0 atom stereocenters. The Morgan fingerprint density at radius 1 is 0.302 bits per heavy atom. The minimum absolute atomic E-state index is 0.128. The highest BCUT2D eigenvalue weighted by molar-refractivity contribution is 5.79. The van der Waals surface area contributed by atoms with Gasteiger partial charge in [-0.15, -0.1) is 0 Å². The molecule has 0 fully saturated rings. The average molecular weight is 896 g/mol. The summed E-state index contributed by atoms with van der Waals surface area (Å²) in [6.07, 6.45) is 40.7. The van der Waals surface area contributed by atoms with Gasteiger partial charge in [0.2, 0.25) is 11.8 Å². The molecule has 13 nitrogen and oxygen atoms in total. The van der Waals surface area contributed by atoms with Crippen LogP contribution in [0.15, 0.2) is 0 Å². The third-order valence-electron chi connectivity index (χ3n) is 12.0. The van der Waals surface area contributed by atoms with Crippen LogP contribution in [0.1, 0.15) is 219 Å². The molecule has 0 saturated heterocycles. The summed E-state index contributed by atoms with van der Waals surface area (Å²) in [6, 6.07) is 0. The molecule has 0 aromatic rings. The van der Waals surface area contributed by atoms with E-state index in [0.717, 1.165) is 38.5 Å². The molecular weight excluding hydrogens is 799 g/mol. The van der Waals surface area contributed by atoms with E-state index in [0.29, 0.717) is 13.1 Å². The molecule has 63 heavy (non-hydrogen) atoms. The quantitative estimate of drug-likeness (QED) is 0.0367. The molecule has 0 saturated carbocycles. The lowest BCUT2D eigenvalue weighted by Gasteiger charge is -2.28. The summed E-state index contributed by atoms with van der Waals surface area (Å²) in [5.74, 6) is -3.83. The Morgan fingerprint density at radius 3 is 0.746 bits per heavy atom. The van der Waals surface area contributed by atoms with Crippen molar-refractivity contribution in [1.82, 2.24) is 25.3 Å². The van der Waals surface area contributed by atoms with Crippen LogP contribution >= 0.6 is 0 Å². The largest absolute Gasteiger partial charge is 0.480 e. The molecule has 2 amide bonds. The average Bonchev–Trinajstić information content (AvgIpc) is 3.23. The molecule has 0 heterocycles. The number of nitrogens with one attached hydrogen (secondary N) is 2. The van der Waals surface area contributed by atoms with Gasteiger partial charge in [-0.3, -0.25) is 38.7 Å². The zero-order valence-electron chi connectivity index (χ0n) is 40.6. The number of hydrogen-bond acceptors (Lipinski definition) is 8. The smallest absolute Gasteiger partial charge is 0.317 e. The van der Waals surface area contributed by atoms with E-state index in [-0.39, 0.29) is 70.7 Å². The molecule has 0 spiro atoms. The van der Waals surface area contributed by atoms with Crippen LogP contribution in [-0.2, 0) is 24.0 Å². The Balaban J connectivity index is 4.36. The van der Waals surface area contributed by atoms with E-state index in [2.05, 4.69) is 24.5 Å². The van der Waals surface area contributed by atoms with Crippen LogP contribution in [0.5, 0.6) is 0 Å². The van der Waals surface area contributed by atoms with Crippen molar-refractivity contribution in [3.05, 3.63) is 0 Å². The van der Waals surface area contributed by atoms with Gasteiger partial charge in [-0.2, -0.15) is 0 Å². The summed E-state index contributed by atoms with van der Waals surface area (Å²) in [5.41, 5.74) is 0. The fraction of sp³-hybridized carbons (Fsp3) is 0.900. The predicted octanol–water partition coefficient (Wildman–Crippen LogP) is 9.90. The maximum Gasteiger partial charge on any atom is 0.317 e. The van der Waals surface area contributed by atoms with Gasteiger partial charge in [0.15, 0.2) is 0 Å². The maximum atomic E-state index is 12.7. The summed E-state index contributed by atoms with van der Waals surface area (Å²) in [7, 11) is 0. The van der Waals surface area contributed by atoms with Crippen LogP contribution in [0, 0.1) is 0 Å². The SMILES string of the molecule is CCCCCCCCCCCCCCCCCCNC(=O)CN(CCN(CCN(CC(=O)O)CC(=O)NCCCCCCCCCCCCCCCCCC)CC(=O)O)CC(=O)O. The van der Waals surface area contributed by atoms with Crippen molar-refractivity contribution < 1.29 is 39.3 Å². The number of unbranched alkanes of at least 4 members (excludes halogenated alkanes) is 30. The Kier molecular flexibility index (Phi) is 43.8. The van der Waals surface area contributed by atoms with Gasteiger partial charge in [-0.25, -0.2) is 0 Å². The highest BCUT2D eigenvalue weighted by atomic mass is 16.4. The van der Waals surface area contributed by atoms with Crippen molar-refractivity contribution in [2.24, 2.45) is 0 Å². The lowest BCUT2D eigenvalue weighted by atomic mass is 10.0.